The van der Waals surface area contributed by atoms with Crippen LogP contribution in [0.4, 0.5) is 5.82 Å². The number of pyridine rings is 1. The minimum Gasteiger partial charge on any atom is -0.465 e. The van der Waals surface area contributed by atoms with E-state index in [1.807, 2.05) is 11.9 Å². The van der Waals surface area contributed by atoms with E-state index in [0.29, 0.717) is 12.1 Å². The fraction of sp³-hybridized carbons (Fsp3) is 0.538. The molecule has 0 fully saturated rings. The summed E-state index contributed by atoms with van der Waals surface area (Å²) in [6.07, 6.45) is 1.60. The van der Waals surface area contributed by atoms with Crippen molar-refractivity contribution in [3.8, 4) is 0 Å². The number of hydrogen-bond acceptors (Lipinski definition) is 5. The summed E-state index contributed by atoms with van der Waals surface area (Å²) in [4.78, 5) is 17.7. The highest BCUT2D eigenvalue weighted by Crippen LogP contribution is 2.19. The monoisotopic (exact) mass is 251 g/mol. The second-order valence-corrected chi connectivity index (χ2v) is 5.12. The molecule has 1 aromatic rings. The van der Waals surface area contributed by atoms with Gasteiger partial charge in [-0.2, -0.15) is 0 Å². The summed E-state index contributed by atoms with van der Waals surface area (Å²) >= 11 is 0. The fourth-order valence-electron chi connectivity index (χ4n) is 1.66. The maximum atomic E-state index is 11.4. The van der Waals surface area contributed by atoms with Gasteiger partial charge in [-0.3, -0.25) is 0 Å². The zero-order valence-corrected chi connectivity index (χ0v) is 11.4. The molecule has 0 atom stereocenters. The predicted octanol–water partition coefficient (Wildman–Crippen LogP) is 1.29. The maximum absolute atomic E-state index is 11.4. The van der Waals surface area contributed by atoms with Gasteiger partial charge in [0.25, 0.3) is 0 Å². The van der Waals surface area contributed by atoms with E-state index in [-0.39, 0.29) is 11.4 Å². The molecule has 0 saturated carbocycles. The smallest absolute Gasteiger partial charge is 0.338 e. The van der Waals surface area contributed by atoms with Crippen molar-refractivity contribution in [2.75, 3.05) is 32.1 Å². The molecule has 5 nitrogen and oxygen atoms in total. The zero-order valence-electron chi connectivity index (χ0n) is 11.4. The molecule has 2 N–H and O–H groups in total. The Bertz CT molecular complexity index is 418. The van der Waals surface area contributed by atoms with Crippen molar-refractivity contribution in [1.29, 1.82) is 0 Å². The first kappa shape index (κ1) is 14.4. The SMILES string of the molecule is COC(=O)c1ccnc(N(C)CC(C)(C)CN)c1. The van der Waals surface area contributed by atoms with Gasteiger partial charge in [-0.05, 0) is 24.1 Å². The summed E-state index contributed by atoms with van der Waals surface area (Å²) in [5, 5.41) is 0. The van der Waals surface area contributed by atoms with Crippen LogP contribution in [0.25, 0.3) is 0 Å². The summed E-state index contributed by atoms with van der Waals surface area (Å²) in [5.41, 5.74) is 6.21. The van der Waals surface area contributed by atoms with Crippen molar-refractivity contribution >= 4 is 11.8 Å². The average Bonchev–Trinajstić information content (AvgIpc) is 2.37. The zero-order chi connectivity index (χ0) is 13.8. The number of nitrogens with zero attached hydrogens (tertiary/aromatic N) is 2. The second kappa shape index (κ2) is 5.82. The van der Waals surface area contributed by atoms with Crippen LogP contribution in [0.3, 0.4) is 0 Å². The van der Waals surface area contributed by atoms with E-state index in [0.717, 1.165) is 12.4 Å². The predicted molar refractivity (Wildman–Crippen MR) is 71.7 cm³/mol. The lowest BCUT2D eigenvalue weighted by Crippen LogP contribution is -2.37. The molecule has 0 bridgehead atoms. The quantitative estimate of drug-likeness (QED) is 0.799. The van der Waals surface area contributed by atoms with Gasteiger partial charge in [-0.15, -0.1) is 0 Å². The first-order valence-electron chi connectivity index (χ1n) is 5.85. The van der Waals surface area contributed by atoms with Crippen LogP contribution in [-0.2, 0) is 4.74 Å². The Balaban J connectivity index is 2.86. The molecule has 0 aromatic carbocycles. The van der Waals surface area contributed by atoms with Gasteiger partial charge < -0.3 is 15.4 Å². The molecule has 100 valence electrons. The van der Waals surface area contributed by atoms with E-state index < -0.39 is 0 Å². The number of anilines is 1. The highest BCUT2D eigenvalue weighted by Gasteiger charge is 2.19. The van der Waals surface area contributed by atoms with Gasteiger partial charge in [-0.25, -0.2) is 9.78 Å². The average molecular weight is 251 g/mol. The van der Waals surface area contributed by atoms with Gasteiger partial charge >= 0.3 is 5.97 Å². The van der Waals surface area contributed by atoms with Crippen LogP contribution in [0.15, 0.2) is 18.3 Å². The maximum Gasteiger partial charge on any atom is 0.338 e. The molecule has 5 heteroatoms. The van der Waals surface area contributed by atoms with Crippen LogP contribution in [-0.4, -0.2) is 38.2 Å². The van der Waals surface area contributed by atoms with Gasteiger partial charge in [0.05, 0.1) is 12.7 Å². The Morgan fingerprint density at radius 3 is 2.78 bits per heavy atom. The minimum absolute atomic E-state index is 0.00228. The summed E-state index contributed by atoms with van der Waals surface area (Å²) in [6, 6.07) is 3.36. The normalized spacial score (nSPS) is 11.2. The molecule has 0 aliphatic carbocycles. The van der Waals surface area contributed by atoms with Crippen LogP contribution in [0.2, 0.25) is 0 Å². The first-order chi connectivity index (χ1) is 8.39. The van der Waals surface area contributed by atoms with Gasteiger partial charge in [0.15, 0.2) is 0 Å². The molecule has 0 radical (unpaired) electrons. The number of carbonyl (C=O) groups is 1. The molecule has 0 saturated heterocycles. The Labute approximate surface area is 108 Å². The molecule has 1 rings (SSSR count). The van der Waals surface area contributed by atoms with E-state index in [9.17, 15) is 4.79 Å². The Morgan fingerprint density at radius 2 is 2.22 bits per heavy atom. The number of esters is 1. The van der Waals surface area contributed by atoms with Crippen molar-refractivity contribution in [3.05, 3.63) is 23.9 Å². The van der Waals surface area contributed by atoms with Gasteiger partial charge in [0.2, 0.25) is 0 Å². The molecular weight excluding hydrogens is 230 g/mol. The van der Waals surface area contributed by atoms with Crippen LogP contribution in [0.5, 0.6) is 0 Å². The molecule has 0 aliphatic heterocycles. The molecular formula is C13H21N3O2. The van der Waals surface area contributed by atoms with Crippen LogP contribution in [0.1, 0.15) is 24.2 Å². The number of ether oxygens (including phenoxy) is 1. The third-order valence-electron chi connectivity index (χ3n) is 2.78. The molecule has 1 heterocycles. The van der Waals surface area contributed by atoms with Crippen molar-refractivity contribution in [2.24, 2.45) is 11.1 Å². The molecule has 1 aromatic heterocycles. The standard InChI is InChI=1S/C13H21N3O2/c1-13(2,8-14)9-16(3)11-7-10(5-6-15-11)12(17)18-4/h5-7H,8-9,14H2,1-4H3. The Kier molecular flexibility index (Phi) is 4.67. The van der Waals surface area contributed by atoms with Crippen molar-refractivity contribution in [3.63, 3.8) is 0 Å². The van der Waals surface area contributed by atoms with Gasteiger partial charge in [0, 0.05) is 19.8 Å². The first-order valence-corrected chi connectivity index (χ1v) is 5.85. The van der Waals surface area contributed by atoms with Crippen LogP contribution >= 0.6 is 0 Å². The lowest BCUT2D eigenvalue weighted by molar-refractivity contribution is 0.0600. The summed E-state index contributed by atoms with van der Waals surface area (Å²) in [7, 11) is 3.30. The lowest BCUT2D eigenvalue weighted by atomic mass is 9.93. The molecule has 0 aliphatic rings. The minimum atomic E-state index is -0.356. The molecule has 0 amide bonds. The topological polar surface area (TPSA) is 68.5 Å². The highest BCUT2D eigenvalue weighted by molar-refractivity contribution is 5.90. The highest BCUT2D eigenvalue weighted by atomic mass is 16.5. The van der Waals surface area contributed by atoms with E-state index >= 15 is 0 Å². The fourth-order valence-corrected chi connectivity index (χ4v) is 1.66. The van der Waals surface area contributed by atoms with E-state index in [1.165, 1.54) is 7.11 Å². The van der Waals surface area contributed by atoms with Gasteiger partial charge in [0.1, 0.15) is 5.82 Å². The Hall–Kier alpha value is -1.62. The largest absolute Gasteiger partial charge is 0.465 e. The third-order valence-corrected chi connectivity index (χ3v) is 2.78. The van der Waals surface area contributed by atoms with E-state index in [2.05, 4.69) is 23.6 Å². The third kappa shape index (κ3) is 3.70. The van der Waals surface area contributed by atoms with Crippen molar-refractivity contribution < 1.29 is 9.53 Å². The Morgan fingerprint density at radius 1 is 1.56 bits per heavy atom. The van der Waals surface area contributed by atoms with Crippen LogP contribution < -0.4 is 10.6 Å². The number of methoxy groups -OCH3 is 1. The number of nitrogens with two attached hydrogens (primary N) is 1. The van der Waals surface area contributed by atoms with Gasteiger partial charge in [-0.1, -0.05) is 13.8 Å². The molecule has 0 unspecified atom stereocenters. The van der Waals surface area contributed by atoms with E-state index in [4.69, 9.17) is 5.73 Å². The lowest BCUT2D eigenvalue weighted by Gasteiger charge is -2.29. The summed E-state index contributed by atoms with van der Waals surface area (Å²) < 4.78 is 4.69. The number of rotatable bonds is 5. The molecule has 0 spiro atoms. The second-order valence-electron chi connectivity index (χ2n) is 5.12. The number of carbonyl (C=O) groups excluding carboxylic acids is 1. The van der Waals surface area contributed by atoms with Crippen molar-refractivity contribution in [1.82, 2.24) is 4.98 Å². The van der Waals surface area contributed by atoms with E-state index in [1.54, 1.807) is 18.3 Å². The summed E-state index contributed by atoms with van der Waals surface area (Å²) in [6.45, 7) is 5.54. The number of aromatic nitrogens is 1. The summed E-state index contributed by atoms with van der Waals surface area (Å²) in [5.74, 6) is 0.379. The number of hydrogen-bond donors (Lipinski definition) is 1. The van der Waals surface area contributed by atoms with Crippen LogP contribution in [0, 0.1) is 5.41 Å². The molecule has 18 heavy (non-hydrogen) atoms. The van der Waals surface area contributed by atoms with Crippen molar-refractivity contribution in [2.45, 2.75) is 13.8 Å².